The molecular formula is C21H24N2O4S. The van der Waals surface area contributed by atoms with Crippen LogP contribution >= 0.6 is 0 Å². The number of rotatable bonds is 4. The van der Waals surface area contributed by atoms with E-state index >= 15 is 0 Å². The monoisotopic (exact) mass is 400 g/mol. The summed E-state index contributed by atoms with van der Waals surface area (Å²) >= 11 is 0. The van der Waals surface area contributed by atoms with E-state index in [2.05, 4.69) is 0 Å². The second-order valence-electron chi connectivity index (χ2n) is 7.18. The van der Waals surface area contributed by atoms with Crippen LogP contribution in [0.4, 0.5) is 0 Å². The summed E-state index contributed by atoms with van der Waals surface area (Å²) < 4.78 is 32.8. The smallest absolute Gasteiger partial charge is 0.257 e. The first kappa shape index (κ1) is 19.0. The van der Waals surface area contributed by atoms with Crippen LogP contribution < -0.4 is 4.74 Å². The molecule has 0 saturated carbocycles. The molecule has 28 heavy (non-hydrogen) atoms. The number of hydrogen-bond donors (Lipinski definition) is 0. The van der Waals surface area contributed by atoms with Gasteiger partial charge in [0.05, 0.1) is 17.6 Å². The second-order valence-corrected chi connectivity index (χ2v) is 9.12. The highest BCUT2D eigenvalue weighted by Gasteiger charge is 2.31. The second kappa shape index (κ2) is 7.56. The third kappa shape index (κ3) is 3.40. The first-order valence-electron chi connectivity index (χ1n) is 9.55. The molecule has 148 valence electrons. The minimum atomic E-state index is -3.54. The molecule has 0 bridgehead atoms. The zero-order valence-corrected chi connectivity index (χ0v) is 16.7. The molecule has 2 aromatic rings. The Morgan fingerprint density at radius 2 is 1.68 bits per heavy atom. The van der Waals surface area contributed by atoms with Crippen LogP contribution in [-0.2, 0) is 22.9 Å². The van der Waals surface area contributed by atoms with Gasteiger partial charge in [-0.15, -0.1) is 0 Å². The maximum atomic E-state index is 13.0. The molecule has 0 radical (unpaired) electrons. The predicted octanol–water partition coefficient (Wildman–Crippen LogP) is 2.33. The first-order valence-corrected chi connectivity index (χ1v) is 11.0. The van der Waals surface area contributed by atoms with E-state index in [0.29, 0.717) is 42.4 Å². The third-order valence-electron chi connectivity index (χ3n) is 5.57. The molecule has 0 unspecified atom stereocenters. The zero-order chi connectivity index (χ0) is 19.7. The Morgan fingerprint density at radius 1 is 0.964 bits per heavy atom. The lowest BCUT2D eigenvalue weighted by molar-refractivity contribution is 0.0694. The molecule has 1 fully saturated rings. The molecule has 1 aliphatic heterocycles. The van der Waals surface area contributed by atoms with Crippen molar-refractivity contribution in [2.75, 3.05) is 33.3 Å². The highest BCUT2D eigenvalue weighted by atomic mass is 32.2. The molecular weight excluding hydrogens is 376 g/mol. The Kier molecular flexibility index (Phi) is 5.12. The Labute approximate surface area is 165 Å². The lowest BCUT2D eigenvalue weighted by atomic mass is 10.1. The molecule has 0 N–H and O–H groups in total. The lowest BCUT2D eigenvalue weighted by Gasteiger charge is -2.34. The van der Waals surface area contributed by atoms with Gasteiger partial charge in [0.1, 0.15) is 5.75 Å². The Balaban J connectivity index is 1.47. The fraction of sp³-hybridized carbons (Fsp3) is 0.381. The highest BCUT2D eigenvalue weighted by molar-refractivity contribution is 7.89. The van der Waals surface area contributed by atoms with Gasteiger partial charge < -0.3 is 9.64 Å². The molecule has 2 aliphatic rings. The topological polar surface area (TPSA) is 66.9 Å². The summed E-state index contributed by atoms with van der Waals surface area (Å²) in [6.07, 6.45) is 3.06. The maximum Gasteiger partial charge on any atom is 0.257 e. The Morgan fingerprint density at radius 3 is 2.43 bits per heavy atom. The zero-order valence-electron chi connectivity index (χ0n) is 15.9. The van der Waals surface area contributed by atoms with E-state index in [9.17, 15) is 13.2 Å². The quantitative estimate of drug-likeness (QED) is 0.790. The van der Waals surface area contributed by atoms with E-state index in [1.54, 1.807) is 29.2 Å². The van der Waals surface area contributed by atoms with Crippen molar-refractivity contribution in [3.63, 3.8) is 0 Å². The number of hydrogen-bond acceptors (Lipinski definition) is 4. The van der Waals surface area contributed by atoms with Gasteiger partial charge in [0.15, 0.2) is 0 Å². The molecule has 1 heterocycles. The van der Waals surface area contributed by atoms with Gasteiger partial charge in [-0.1, -0.05) is 18.2 Å². The molecule has 1 saturated heterocycles. The number of piperazine rings is 1. The van der Waals surface area contributed by atoms with E-state index in [4.69, 9.17) is 4.74 Å². The Hall–Kier alpha value is -2.38. The van der Waals surface area contributed by atoms with Crippen LogP contribution in [0.3, 0.4) is 0 Å². The SMILES string of the molecule is COc1ccccc1C(=O)N1CCN(S(=O)(=O)c2ccc3c(c2)CCC3)CC1. The first-order chi connectivity index (χ1) is 13.5. The lowest BCUT2D eigenvalue weighted by Crippen LogP contribution is -2.50. The summed E-state index contributed by atoms with van der Waals surface area (Å²) in [5.41, 5.74) is 2.90. The number of nitrogens with zero attached hydrogens (tertiary/aromatic N) is 2. The number of ether oxygens (including phenoxy) is 1. The molecule has 1 amide bonds. The highest BCUT2D eigenvalue weighted by Crippen LogP contribution is 2.27. The number of methoxy groups -OCH3 is 1. The summed E-state index contributed by atoms with van der Waals surface area (Å²) in [6, 6.07) is 12.6. The van der Waals surface area contributed by atoms with Gasteiger partial charge in [0, 0.05) is 26.2 Å². The van der Waals surface area contributed by atoms with E-state index in [-0.39, 0.29) is 5.91 Å². The summed E-state index contributed by atoms with van der Waals surface area (Å²) in [4.78, 5) is 14.9. The molecule has 0 spiro atoms. The molecule has 1 aliphatic carbocycles. The predicted molar refractivity (Wildman–Crippen MR) is 106 cm³/mol. The minimum Gasteiger partial charge on any atom is -0.496 e. The summed E-state index contributed by atoms with van der Waals surface area (Å²) in [6.45, 7) is 1.31. The standard InChI is InChI=1S/C21H24N2O4S/c1-27-20-8-3-2-7-19(20)21(24)22-11-13-23(14-12-22)28(25,26)18-10-9-16-5-4-6-17(16)15-18/h2-3,7-10,15H,4-6,11-14H2,1H3. The van der Waals surface area contributed by atoms with Crippen LogP contribution in [0.25, 0.3) is 0 Å². The van der Waals surface area contributed by atoms with Crippen molar-refractivity contribution >= 4 is 15.9 Å². The average molecular weight is 401 g/mol. The minimum absolute atomic E-state index is 0.132. The van der Waals surface area contributed by atoms with Crippen LogP contribution in [0.5, 0.6) is 5.75 Å². The van der Waals surface area contributed by atoms with Gasteiger partial charge in [-0.05, 0) is 54.7 Å². The molecule has 7 heteroatoms. The van der Waals surface area contributed by atoms with E-state index in [1.165, 1.54) is 17.0 Å². The number of carbonyl (C=O) groups excluding carboxylic acids is 1. The van der Waals surface area contributed by atoms with Gasteiger partial charge in [-0.25, -0.2) is 8.42 Å². The normalized spacial score (nSPS) is 17.4. The number of amides is 1. The number of sulfonamides is 1. The largest absolute Gasteiger partial charge is 0.496 e. The van der Waals surface area contributed by atoms with Crippen LogP contribution in [0.1, 0.15) is 27.9 Å². The van der Waals surface area contributed by atoms with Gasteiger partial charge in [0.25, 0.3) is 5.91 Å². The van der Waals surface area contributed by atoms with Crippen molar-refractivity contribution in [2.45, 2.75) is 24.2 Å². The number of carbonyl (C=O) groups is 1. The average Bonchev–Trinajstić information content (AvgIpc) is 3.21. The fourth-order valence-corrected chi connectivity index (χ4v) is 5.45. The van der Waals surface area contributed by atoms with Crippen molar-refractivity contribution in [3.05, 3.63) is 59.2 Å². The third-order valence-corrected chi connectivity index (χ3v) is 7.47. The van der Waals surface area contributed by atoms with Crippen molar-refractivity contribution < 1.29 is 17.9 Å². The summed E-state index contributed by atoms with van der Waals surface area (Å²) in [5.74, 6) is 0.396. The van der Waals surface area contributed by atoms with E-state index in [1.807, 2.05) is 18.2 Å². The number of fused-ring (bicyclic) bond motifs is 1. The van der Waals surface area contributed by atoms with Crippen molar-refractivity contribution in [3.8, 4) is 5.75 Å². The number of benzene rings is 2. The van der Waals surface area contributed by atoms with E-state index < -0.39 is 10.0 Å². The van der Waals surface area contributed by atoms with Crippen LogP contribution in [0, 0.1) is 0 Å². The maximum absolute atomic E-state index is 13.0. The van der Waals surface area contributed by atoms with E-state index in [0.717, 1.165) is 24.8 Å². The van der Waals surface area contributed by atoms with Gasteiger partial charge in [-0.3, -0.25) is 4.79 Å². The van der Waals surface area contributed by atoms with Crippen LogP contribution in [0.15, 0.2) is 47.4 Å². The summed E-state index contributed by atoms with van der Waals surface area (Å²) in [7, 11) is -2.00. The van der Waals surface area contributed by atoms with Crippen LogP contribution in [-0.4, -0.2) is 56.8 Å². The van der Waals surface area contributed by atoms with Crippen molar-refractivity contribution in [1.29, 1.82) is 0 Å². The van der Waals surface area contributed by atoms with Gasteiger partial charge in [-0.2, -0.15) is 4.31 Å². The van der Waals surface area contributed by atoms with Crippen molar-refractivity contribution in [2.24, 2.45) is 0 Å². The number of para-hydroxylation sites is 1. The molecule has 0 aromatic heterocycles. The van der Waals surface area contributed by atoms with Crippen LogP contribution in [0.2, 0.25) is 0 Å². The number of aryl methyl sites for hydroxylation is 2. The molecule has 4 rings (SSSR count). The van der Waals surface area contributed by atoms with Gasteiger partial charge in [0.2, 0.25) is 10.0 Å². The molecule has 0 atom stereocenters. The Bertz CT molecular complexity index is 995. The fourth-order valence-electron chi connectivity index (χ4n) is 3.98. The summed E-state index contributed by atoms with van der Waals surface area (Å²) in [5, 5.41) is 0. The van der Waals surface area contributed by atoms with Crippen molar-refractivity contribution in [1.82, 2.24) is 9.21 Å². The van der Waals surface area contributed by atoms with Gasteiger partial charge >= 0.3 is 0 Å². The molecule has 6 nitrogen and oxygen atoms in total. The molecule has 2 aromatic carbocycles.